The van der Waals surface area contributed by atoms with Crippen molar-refractivity contribution >= 4 is 22.8 Å². The van der Waals surface area contributed by atoms with Gasteiger partial charge in [0.25, 0.3) is 5.56 Å². The van der Waals surface area contributed by atoms with Crippen molar-refractivity contribution < 1.29 is 19.1 Å². The lowest BCUT2D eigenvalue weighted by molar-refractivity contribution is -0.152. The summed E-state index contributed by atoms with van der Waals surface area (Å²) in [5, 5.41) is 0.576. The van der Waals surface area contributed by atoms with Crippen molar-refractivity contribution in [3.05, 3.63) is 40.2 Å². The number of para-hydroxylation sites is 1. The molecule has 2 atom stereocenters. The Hall–Kier alpha value is -2.67. The summed E-state index contributed by atoms with van der Waals surface area (Å²) >= 11 is 0. The number of aromatic amines is 1. The number of hydrogen-bond acceptors (Lipinski definition) is 6. The van der Waals surface area contributed by atoms with Gasteiger partial charge in [0.1, 0.15) is 11.7 Å². The molecule has 7 heteroatoms. The number of rotatable bonds is 4. The summed E-state index contributed by atoms with van der Waals surface area (Å²) in [6.07, 6.45) is 0.884. The van der Waals surface area contributed by atoms with Gasteiger partial charge in [0.05, 0.1) is 24.1 Å². The van der Waals surface area contributed by atoms with Crippen molar-refractivity contribution in [1.29, 1.82) is 0 Å². The minimum atomic E-state index is -0.994. The SMILES string of the molecule is COC(=O)[C@@H]1c2c(c3ccccc3[nH]c2=O)OC(=O)[C@H]1CCCN. The van der Waals surface area contributed by atoms with Crippen LogP contribution in [0.15, 0.2) is 29.1 Å². The molecule has 0 radical (unpaired) electrons. The summed E-state index contributed by atoms with van der Waals surface area (Å²) in [5.41, 5.74) is 5.73. The molecule has 0 bridgehead atoms. The molecule has 0 saturated heterocycles. The van der Waals surface area contributed by atoms with E-state index >= 15 is 0 Å². The van der Waals surface area contributed by atoms with Gasteiger partial charge in [-0.15, -0.1) is 0 Å². The molecule has 1 aromatic carbocycles. The number of methoxy groups -OCH3 is 1. The lowest BCUT2D eigenvalue weighted by Crippen LogP contribution is -2.40. The van der Waals surface area contributed by atoms with E-state index in [0.717, 1.165) is 0 Å². The second kappa shape index (κ2) is 6.45. The van der Waals surface area contributed by atoms with E-state index in [1.807, 2.05) is 0 Å². The van der Waals surface area contributed by atoms with Crippen LogP contribution in [-0.2, 0) is 14.3 Å². The Morgan fingerprint density at radius 2 is 2.08 bits per heavy atom. The maximum absolute atomic E-state index is 12.6. The monoisotopic (exact) mass is 330 g/mol. The summed E-state index contributed by atoms with van der Waals surface area (Å²) in [6, 6.07) is 6.96. The second-order valence-electron chi connectivity index (χ2n) is 5.70. The van der Waals surface area contributed by atoms with Gasteiger partial charge in [-0.2, -0.15) is 0 Å². The second-order valence-corrected chi connectivity index (χ2v) is 5.70. The molecule has 0 aliphatic carbocycles. The lowest BCUT2D eigenvalue weighted by Gasteiger charge is -2.30. The first-order valence-corrected chi connectivity index (χ1v) is 7.73. The topological polar surface area (TPSA) is 111 Å². The highest BCUT2D eigenvalue weighted by molar-refractivity contribution is 5.96. The van der Waals surface area contributed by atoms with Crippen LogP contribution in [0.25, 0.3) is 10.9 Å². The number of esters is 2. The van der Waals surface area contributed by atoms with Crippen LogP contribution in [0.2, 0.25) is 0 Å². The normalized spacial score (nSPS) is 19.7. The molecule has 2 aromatic rings. The Morgan fingerprint density at radius 1 is 1.33 bits per heavy atom. The third-order valence-electron chi connectivity index (χ3n) is 4.30. The molecule has 3 N–H and O–H groups in total. The first-order valence-electron chi connectivity index (χ1n) is 7.73. The summed E-state index contributed by atoms with van der Waals surface area (Å²) in [4.78, 5) is 40.1. The zero-order valence-corrected chi connectivity index (χ0v) is 13.2. The minimum Gasteiger partial charge on any atom is -0.469 e. The summed E-state index contributed by atoms with van der Waals surface area (Å²) in [6.45, 7) is 0.374. The van der Waals surface area contributed by atoms with Gasteiger partial charge in [0.15, 0.2) is 0 Å². The number of benzene rings is 1. The summed E-state index contributed by atoms with van der Waals surface area (Å²) in [7, 11) is 1.23. The van der Waals surface area contributed by atoms with Crippen molar-refractivity contribution in [2.45, 2.75) is 18.8 Å². The number of fused-ring (bicyclic) bond motifs is 3. The van der Waals surface area contributed by atoms with Crippen LogP contribution >= 0.6 is 0 Å². The molecule has 0 unspecified atom stereocenters. The average molecular weight is 330 g/mol. The number of H-pyrrole nitrogens is 1. The Morgan fingerprint density at radius 3 is 2.79 bits per heavy atom. The molecular formula is C17H18N2O5. The Labute approximate surface area is 137 Å². The molecule has 1 aliphatic heterocycles. The van der Waals surface area contributed by atoms with Gasteiger partial charge in [-0.25, -0.2) is 0 Å². The van der Waals surface area contributed by atoms with Crippen LogP contribution < -0.4 is 16.0 Å². The van der Waals surface area contributed by atoms with Gasteiger partial charge in [0, 0.05) is 5.39 Å². The molecule has 0 fully saturated rings. The van der Waals surface area contributed by atoms with Crippen molar-refractivity contribution in [3.8, 4) is 5.75 Å². The highest BCUT2D eigenvalue weighted by Crippen LogP contribution is 2.41. The summed E-state index contributed by atoms with van der Waals surface area (Å²) < 4.78 is 10.3. The molecule has 126 valence electrons. The molecule has 1 aliphatic rings. The van der Waals surface area contributed by atoms with Gasteiger partial charge >= 0.3 is 11.9 Å². The minimum absolute atomic E-state index is 0.138. The van der Waals surface area contributed by atoms with Gasteiger partial charge in [-0.05, 0) is 31.5 Å². The zero-order chi connectivity index (χ0) is 17.3. The molecule has 24 heavy (non-hydrogen) atoms. The van der Waals surface area contributed by atoms with Crippen molar-refractivity contribution in [1.82, 2.24) is 4.98 Å². The molecule has 1 aromatic heterocycles. The van der Waals surface area contributed by atoms with E-state index < -0.39 is 29.3 Å². The number of nitrogens with one attached hydrogen (secondary N) is 1. The van der Waals surface area contributed by atoms with E-state index in [4.69, 9.17) is 15.2 Å². The van der Waals surface area contributed by atoms with E-state index in [0.29, 0.717) is 30.3 Å². The number of ether oxygens (including phenoxy) is 2. The van der Waals surface area contributed by atoms with Crippen LogP contribution in [0, 0.1) is 5.92 Å². The van der Waals surface area contributed by atoms with Crippen LogP contribution in [0.3, 0.4) is 0 Å². The number of hydrogen-bond donors (Lipinski definition) is 2. The van der Waals surface area contributed by atoms with Crippen LogP contribution in [0.1, 0.15) is 24.3 Å². The lowest BCUT2D eigenvalue weighted by atomic mass is 9.81. The average Bonchev–Trinajstić information content (AvgIpc) is 2.59. The number of nitrogens with two attached hydrogens (primary N) is 1. The molecule has 7 nitrogen and oxygen atoms in total. The van der Waals surface area contributed by atoms with E-state index in [9.17, 15) is 14.4 Å². The van der Waals surface area contributed by atoms with Gasteiger partial charge in [-0.3, -0.25) is 14.4 Å². The fourth-order valence-electron chi connectivity index (χ4n) is 3.17. The third kappa shape index (κ3) is 2.56. The van der Waals surface area contributed by atoms with Crippen molar-refractivity contribution in [2.24, 2.45) is 11.7 Å². The Bertz CT molecular complexity index is 858. The molecule has 0 saturated carbocycles. The quantitative estimate of drug-likeness (QED) is 0.811. The predicted molar refractivity (Wildman–Crippen MR) is 86.7 cm³/mol. The number of carbonyl (C=O) groups excluding carboxylic acids is 2. The van der Waals surface area contributed by atoms with Gasteiger partial charge in [0.2, 0.25) is 0 Å². The first-order chi connectivity index (χ1) is 11.6. The predicted octanol–water partition coefficient (Wildman–Crippen LogP) is 1.06. The van der Waals surface area contributed by atoms with Crippen LogP contribution in [0.4, 0.5) is 0 Å². The van der Waals surface area contributed by atoms with Gasteiger partial charge in [-0.1, -0.05) is 12.1 Å². The van der Waals surface area contributed by atoms with E-state index in [1.165, 1.54) is 7.11 Å². The number of aromatic nitrogens is 1. The zero-order valence-electron chi connectivity index (χ0n) is 13.2. The standard InChI is InChI=1S/C17H18N2O5/c1-23-17(22)12-10(6-4-8-18)16(21)24-14-9-5-2-3-7-11(9)19-15(20)13(12)14/h2-3,5,7,10,12H,4,6,8,18H2,1H3,(H,19,20)/t10-,12-/m0/s1. The van der Waals surface area contributed by atoms with E-state index in [2.05, 4.69) is 4.98 Å². The fourth-order valence-corrected chi connectivity index (χ4v) is 3.17. The smallest absolute Gasteiger partial charge is 0.315 e. The molecule has 3 rings (SSSR count). The number of pyridine rings is 1. The molecule has 0 amide bonds. The maximum atomic E-state index is 12.6. The highest BCUT2D eigenvalue weighted by atomic mass is 16.5. The number of carbonyl (C=O) groups is 2. The molecule has 0 spiro atoms. The van der Waals surface area contributed by atoms with Crippen molar-refractivity contribution in [3.63, 3.8) is 0 Å². The fraction of sp³-hybridized carbons (Fsp3) is 0.353. The first kappa shape index (κ1) is 16.2. The van der Waals surface area contributed by atoms with Crippen LogP contribution in [-0.4, -0.2) is 30.6 Å². The third-order valence-corrected chi connectivity index (χ3v) is 4.30. The van der Waals surface area contributed by atoms with Crippen LogP contribution in [0.5, 0.6) is 5.75 Å². The molecular weight excluding hydrogens is 312 g/mol. The largest absolute Gasteiger partial charge is 0.469 e. The highest BCUT2D eigenvalue weighted by Gasteiger charge is 2.44. The van der Waals surface area contributed by atoms with Gasteiger partial charge < -0.3 is 20.2 Å². The molecule has 2 heterocycles. The Kier molecular flexibility index (Phi) is 4.35. The van der Waals surface area contributed by atoms with E-state index in [1.54, 1.807) is 24.3 Å². The maximum Gasteiger partial charge on any atom is 0.315 e. The van der Waals surface area contributed by atoms with Crippen molar-refractivity contribution in [2.75, 3.05) is 13.7 Å². The Balaban J connectivity index is 2.24. The summed E-state index contributed by atoms with van der Waals surface area (Å²) in [5.74, 6) is -2.81. The van der Waals surface area contributed by atoms with E-state index in [-0.39, 0.29) is 11.3 Å².